The molecular formula is C16H34N2O. The Morgan fingerprint density at radius 2 is 1.89 bits per heavy atom. The molecule has 3 nitrogen and oxygen atoms in total. The van der Waals surface area contributed by atoms with E-state index in [0.717, 1.165) is 32.8 Å². The molecule has 1 aliphatic carbocycles. The summed E-state index contributed by atoms with van der Waals surface area (Å²) in [7, 11) is 0. The minimum Gasteiger partial charge on any atom is -0.380 e. The maximum Gasteiger partial charge on any atom is 0.0593 e. The highest BCUT2D eigenvalue weighted by atomic mass is 16.5. The molecule has 0 amide bonds. The molecule has 0 aliphatic heterocycles. The van der Waals surface area contributed by atoms with E-state index in [-0.39, 0.29) is 0 Å². The second-order valence-corrected chi connectivity index (χ2v) is 5.59. The average molecular weight is 270 g/mol. The van der Waals surface area contributed by atoms with Crippen LogP contribution in [0, 0.1) is 0 Å². The molecule has 0 spiro atoms. The summed E-state index contributed by atoms with van der Waals surface area (Å²) < 4.78 is 5.54. The van der Waals surface area contributed by atoms with Crippen LogP contribution in [0.15, 0.2) is 0 Å². The Bertz CT molecular complexity index is 211. The van der Waals surface area contributed by atoms with Gasteiger partial charge in [-0.25, -0.2) is 0 Å². The van der Waals surface area contributed by atoms with E-state index in [9.17, 15) is 0 Å². The number of hydrogen-bond acceptors (Lipinski definition) is 3. The molecule has 0 aromatic carbocycles. The number of nitrogens with one attached hydrogen (secondary N) is 1. The van der Waals surface area contributed by atoms with E-state index in [2.05, 4.69) is 31.0 Å². The first kappa shape index (κ1) is 16.9. The van der Waals surface area contributed by atoms with Gasteiger partial charge < -0.3 is 10.1 Å². The molecule has 19 heavy (non-hydrogen) atoms. The fourth-order valence-electron chi connectivity index (χ4n) is 3.18. The molecule has 0 aromatic rings. The van der Waals surface area contributed by atoms with Crippen molar-refractivity contribution in [2.45, 2.75) is 71.4 Å². The predicted molar refractivity (Wildman–Crippen MR) is 82.7 cm³/mol. The van der Waals surface area contributed by atoms with Crippen molar-refractivity contribution in [3.63, 3.8) is 0 Å². The Kier molecular flexibility index (Phi) is 9.48. The molecule has 0 aromatic heterocycles. The Morgan fingerprint density at radius 3 is 2.58 bits per heavy atom. The van der Waals surface area contributed by atoms with Crippen LogP contribution in [0.5, 0.6) is 0 Å². The van der Waals surface area contributed by atoms with Crippen molar-refractivity contribution < 1.29 is 4.74 Å². The molecule has 0 heterocycles. The van der Waals surface area contributed by atoms with Crippen molar-refractivity contribution in [1.29, 1.82) is 0 Å². The fourth-order valence-corrected chi connectivity index (χ4v) is 3.18. The zero-order chi connectivity index (χ0) is 13.9. The van der Waals surface area contributed by atoms with Crippen LogP contribution in [0.4, 0.5) is 0 Å². The van der Waals surface area contributed by atoms with Crippen LogP contribution >= 0.6 is 0 Å². The topological polar surface area (TPSA) is 24.5 Å². The lowest BCUT2D eigenvalue weighted by molar-refractivity contribution is 0.0825. The molecule has 0 radical (unpaired) electrons. The first-order valence-electron chi connectivity index (χ1n) is 8.38. The van der Waals surface area contributed by atoms with Gasteiger partial charge in [-0.2, -0.15) is 0 Å². The third-order valence-electron chi connectivity index (χ3n) is 4.24. The summed E-state index contributed by atoms with van der Waals surface area (Å²) in [5.41, 5.74) is 0. The van der Waals surface area contributed by atoms with E-state index in [1.165, 1.54) is 38.5 Å². The minimum absolute atomic E-state index is 0.684. The summed E-state index contributed by atoms with van der Waals surface area (Å²) in [4.78, 5) is 2.63. The second-order valence-electron chi connectivity index (χ2n) is 5.59. The van der Waals surface area contributed by atoms with Crippen LogP contribution in [0.25, 0.3) is 0 Å². The molecule has 1 aliphatic rings. The largest absolute Gasteiger partial charge is 0.380 e. The highest BCUT2D eigenvalue weighted by molar-refractivity contribution is 4.86. The maximum absolute atomic E-state index is 5.54. The number of hydrogen-bond donors (Lipinski definition) is 1. The van der Waals surface area contributed by atoms with E-state index < -0.39 is 0 Å². The van der Waals surface area contributed by atoms with Gasteiger partial charge in [0.15, 0.2) is 0 Å². The maximum atomic E-state index is 5.54. The summed E-state index contributed by atoms with van der Waals surface area (Å²) >= 11 is 0. The zero-order valence-electron chi connectivity index (χ0n) is 13.3. The Labute approximate surface area is 120 Å². The van der Waals surface area contributed by atoms with Crippen LogP contribution in [-0.2, 0) is 4.74 Å². The van der Waals surface area contributed by atoms with Crippen molar-refractivity contribution >= 4 is 0 Å². The molecule has 3 heteroatoms. The normalized spacial score (nSPS) is 24.6. The van der Waals surface area contributed by atoms with E-state index in [0.29, 0.717) is 12.1 Å². The lowest BCUT2D eigenvalue weighted by Gasteiger charge is -2.36. The molecule has 0 saturated heterocycles. The zero-order valence-corrected chi connectivity index (χ0v) is 13.3. The van der Waals surface area contributed by atoms with Crippen molar-refractivity contribution in [1.82, 2.24) is 10.2 Å². The van der Waals surface area contributed by atoms with Gasteiger partial charge in [0.2, 0.25) is 0 Å². The van der Waals surface area contributed by atoms with Crippen molar-refractivity contribution in [3.05, 3.63) is 0 Å². The van der Waals surface area contributed by atoms with E-state index >= 15 is 0 Å². The number of likely N-dealkylation sites (N-methyl/N-ethyl adjacent to an activating group) is 1. The summed E-state index contributed by atoms with van der Waals surface area (Å²) in [6.45, 7) is 11.7. The van der Waals surface area contributed by atoms with Gasteiger partial charge in [-0.3, -0.25) is 4.90 Å². The second kappa shape index (κ2) is 10.6. The summed E-state index contributed by atoms with van der Waals surface area (Å²) in [6, 6.07) is 1.39. The third-order valence-corrected chi connectivity index (χ3v) is 4.24. The van der Waals surface area contributed by atoms with Gasteiger partial charge in [0.1, 0.15) is 0 Å². The number of nitrogens with zero attached hydrogens (tertiary/aromatic N) is 1. The summed E-state index contributed by atoms with van der Waals surface area (Å²) in [5, 5.41) is 3.78. The minimum atomic E-state index is 0.684. The summed E-state index contributed by atoms with van der Waals surface area (Å²) in [6.07, 6.45) is 8.11. The summed E-state index contributed by atoms with van der Waals surface area (Å²) in [5.74, 6) is 0. The van der Waals surface area contributed by atoms with Gasteiger partial charge in [-0.15, -0.1) is 0 Å². The molecule has 1 N–H and O–H groups in total. The smallest absolute Gasteiger partial charge is 0.0593 e. The van der Waals surface area contributed by atoms with Crippen LogP contribution in [0.3, 0.4) is 0 Å². The molecule has 1 rings (SSSR count). The fraction of sp³-hybridized carbons (Fsp3) is 1.00. The van der Waals surface area contributed by atoms with E-state index in [4.69, 9.17) is 4.74 Å². The average Bonchev–Trinajstić information content (AvgIpc) is 2.67. The number of rotatable bonds is 9. The molecule has 2 atom stereocenters. The van der Waals surface area contributed by atoms with Gasteiger partial charge in [0.25, 0.3) is 0 Å². The van der Waals surface area contributed by atoms with Gasteiger partial charge >= 0.3 is 0 Å². The van der Waals surface area contributed by atoms with Crippen LogP contribution in [-0.4, -0.2) is 49.8 Å². The standard InChI is InChI=1S/C16H34N2O/c1-4-12-17-15-10-8-7-9-11-16(15)18(5-2)13-14-19-6-3/h15-17H,4-14H2,1-3H3. The predicted octanol–water partition coefficient (Wildman–Crippen LogP) is 3.05. The molecule has 114 valence electrons. The van der Waals surface area contributed by atoms with Crippen molar-refractivity contribution in [2.75, 3.05) is 32.8 Å². The first-order valence-corrected chi connectivity index (χ1v) is 8.38. The third kappa shape index (κ3) is 6.24. The monoisotopic (exact) mass is 270 g/mol. The van der Waals surface area contributed by atoms with Crippen LogP contribution in [0.1, 0.15) is 59.3 Å². The molecule has 1 saturated carbocycles. The molecule has 0 bridgehead atoms. The van der Waals surface area contributed by atoms with E-state index in [1.54, 1.807) is 0 Å². The lowest BCUT2D eigenvalue weighted by Crippen LogP contribution is -2.50. The van der Waals surface area contributed by atoms with Crippen molar-refractivity contribution in [3.8, 4) is 0 Å². The van der Waals surface area contributed by atoms with Gasteiger partial charge in [0.05, 0.1) is 6.61 Å². The van der Waals surface area contributed by atoms with Gasteiger partial charge in [0, 0.05) is 25.2 Å². The molecule has 1 fully saturated rings. The molecular weight excluding hydrogens is 236 g/mol. The molecule has 2 unspecified atom stereocenters. The highest BCUT2D eigenvalue weighted by Gasteiger charge is 2.27. The van der Waals surface area contributed by atoms with E-state index in [1.807, 2.05) is 0 Å². The first-order chi connectivity index (χ1) is 9.33. The number of ether oxygens (including phenoxy) is 1. The Hall–Kier alpha value is -0.120. The van der Waals surface area contributed by atoms with Crippen LogP contribution < -0.4 is 5.32 Å². The van der Waals surface area contributed by atoms with Gasteiger partial charge in [-0.05, 0) is 39.3 Å². The quantitative estimate of drug-likeness (QED) is 0.515. The van der Waals surface area contributed by atoms with Crippen molar-refractivity contribution in [2.24, 2.45) is 0 Å². The highest BCUT2D eigenvalue weighted by Crippen LogP contribution is 2.22. The Balaban J connectivity index is 2.53. The lowest BCUT2D eigenvalue weighted by atomic mass is 10.0. The van der Waals surface area contributed by atoms with Crippen LogP contribution in [0.2, 0.25) is 0 Å². The SMILES string of the molecule is CCCNC1CCCCCC1N(CC)CCOCC. The van der Waals surface area contributed by atoms with Gasteiger partial charge in [-0.1, -0.05) is 33.1 Å². The Morgan fingerprint density at radius 1 is 1.11 bits per heavy atom.